The highest BCUT2D eigenvalue weighted by atomic mass is 16.5. The number of carbonyl (C=O) groups excluding carboxylic acids is 1. The van der Waals surface area contributed by atoms with Crippen molar-refractivity contribution in [2.24, 2.45) is 11.3 Å². The lowest BCUT2D eigenvalue weighted by Gasteiger charge is -2.17. The van der Waals surface area contributed by atoms with Crippen LogP contribution in [0.25, 0.3) is 0 Å². The molecule has 0 aliphatic carbocycles. The third kappa shape index (κ3) is 5.01. The molecule has 108 valence electrons. The molecule has 0 unspecified atom stereocenters. The number of aryl methyl sites for hydroxylation is 1. The van der Waals surface area contributed by atoms with Gasteiger partial charge < -0.3 is 4.74 Å². The highest BCUT2D eigenvalue weighted by molar-refractivity contribution is 5.88. The van der Waals surface area contributed by atoms with Crippen LogP contribution >= 0.6 is 0 Å². The van der Waals surface area contributed by atoms with E-state index in [-0.39, 0.29) is 11.4 Å². The van der Waals surface area contributed by atoms with E-state index in [9.17, 15) is 4.79 Å². The first kappa shape index (κ1) is 15.7. The first-order valence-corrected chi connectivity index (χ1v) is 6.78. The van der Waals surface area contributed by atoms with Crippen LogP contribution in [0.2, 0.25) is 0 Å². The SMILES string of the molecule is Cc1c(C(=O)OCC(C)C)nnn1CCC(C)(C)C. The maximum atomic E-state index is 11.8. The number of hydrogen-bond donors (Lipinski definition) is 0. The van der Waals surface area contributed by atoms with Gasteiger partial charge in [0, 0.05) is 6.54 Å². The third-order valence-corrected chi connectivity index (χ3v) is 2.80. The van der Waals surface area contributed by atoms with Gasteiger partial charge in [0.1, 0.15) is 0 Å². The molecule has 0 aliphatic heterocycles. The van der Waals surface area contributed by atoms with Gasteiger partial charge in [0.15, 0.2) is 5.69 Å². The van der Waals surface area contributed by atoms with Gasteiger partial charge in [-0.15, -0.1) is 5.10 Å². The summed E-state index contributed by atoms with van der Waals surface area (Å²) in [6, 6.07) is 0. The minimum absolute atomic E-state index is 0.233. The van der Waals surface area contributed by atoms with Crippen molar-refractivity contribution >= 4 is 5.97 Å². The maximum absolute atomic E-state index is 11.8. The average Bonchev–Trinajstić information content (AvgIpc) is 2.64. The summed E-state index contributed by atoms with van der Waals surface area (Å²) >= 11 is 0. The minimum atomic E-state index is -0.381. The molecule has 0 aromatic carbocycles. The summed E-state index contributed by atoms with van der Waals surface area (Å²) in [7, 11) is 0. The Hall–Kier alpha value is -1.39. The zero-order valence-corrected chi connectivity index (χ0v) is 12.9. The molecule has 0 N–H and O–H groups in total. The molecule has 0 fully saturated rings. The summed E-state index contributed by atoms with van der Waals surface area (Å²) in [4.78, 5) is 11.8. The molecular formula is C14H25N3O2. The van der Waals surface area contributed by atoms with Crippen molar-refractivity contribution in [1.82, 2.24) is 15.0 Å². The van der Waals surface area contributed by atoms with Gasteiger partial charge in [-0.1, -0.05) is 39.8 Å². The van der Waals surface area contributed by atoms with Crippen LogP contribution < -0.4 is 0 Å². The van der Waals surface area contributed by atoms with E-state index in [0.29, 0.717) is 18.2 Å². The number of nitrogens with zero attached hydrogens (tertiary/aromatic N) is 3. The summed E-state index contributed by atoms with van der Waals surface area (Å²) in [5.74, 6) is -0.0617. The molecule has 1 aromatic heterocycles. The van der Waals surface area contributed by atoms with Gasteiger partial charge in [-0.25, -0.2) is 9.48 Å². The Morgan fingerprint density at radius 3 is 2.53 bits per heavy atom. The number of esters is 1. The van der Waals surface area contributed by atoms with Crippen molar-refractivity contribution in [3.63, 3.8) is 0 Å². The molecule has 5 heteroatoms. The highest BCUT2D eigenvalue weighted by Gasteiger charge is 2.19. The monoisotopic (exact) mass is 267 g/mol. The second-order valence-corrected chi connectivity index (χ2v) is 6.55. The van der Waals surface area contributed by atoms with Crippen LogP contribution in [0.1, 0.15) is 57.2 Å². The Balaban J connectivity index is 2.67. The standard InChI is InChI=1S/C14H25N3O2/c1-10(2)9-19-13(18)12-11(3)17(16-15-12)8-7-14(4,5)6/h10H,7-9H2,1-6H3. The number of ether oxygens (including phenoxy) is 1. The van der Waals surface area contributed by atoms with Gasteiger partial charge in [-0.05, 0) is 24.7 Å². The largest absolute Gasteiger partial charge is 0.461 e. The van der Waals surface area contributed by atoms with Crippen molar-refractivity contribution in [3.05, 3.63) is 11.4 Å². The molecular weight excluding hydrogens is 242 g/mol. The number of carbonyl (C=O) groups is 1. The Labute approximate surface area is 115 Å². The number of hydrogen-bond acceptors (Lipinski definition) is 4. The molecule has 0 atom stereocenters. The lowest BCUT2D eigenvalue weighted by atomic mass is 9.92. The van der Waals surface area contributed by atoms with E-state index < -0.39 is 0 Å². The second-order valence-electron chi connectivity index (χ2n) is 6.55. The fourth-order valence-corrected chi connectivity index (χ4v) is 1.51. The zero-order valence-electron chi connectivity index (χ0n) is 12.9. The minimum Gasteiger partial charge on any atom is -0.461 e. The molecule has 0 radical (unpaired) electrons. The fourth-order valence-electron chi connectivity index (χ4n) is 1.51. The topological polar surface area (TPSA) is 57.0 Å². The van der Waals surface area contributed by atoms with Crippen molar-refractivity contribution in [3.8, 4) is 0 Å². The van der Waals surface area contributed by atoms with Crippen LogP contribution in [0.4, 0.5) is 0 Å². The molecule has 0 saturated carbocycles. The van der Waals surface area contributed by atoms with Crippen molar-refractivity contribution < 1.29 is 9.53 Å². The van der Waals surface area contributed by atoms with Crippen molar-refractivity contribution in [2.75, 3.05) is 6.61 Å². The second kappa shape index (κ2) is 6.17. The Kier molecular flexibility index (Phi) is 5.09. The molecule has 5 nitrogen and oxygen atoms in total. The number of rotatable bonds is 5. The quantitative estimate of drug-likeness (QED) is 0.770. The van der Waals surface area contributed by atoms with E-state index in [1.54, 1.807) is 4.68 Å². The first-order valence-electron chi connectivity index (χ1n) is 6.78. The summed E-state index contributed by atoms with van der Waals surface area (Å²) in [6.45, 7) is 13.6. The molecule has 0 bridgehead atoms. The van der Waals surface area contributed by atoms with Gasteiger partial charge in [-0.3, -0.25) is 0 Å². The van der Waals surface area contributed by atoms with E-state index in [4.69, 9.17) is 4.74 Å². The van der Waals surface area contributed by atoms with Gasteiger partial charge in [0.25, 0.3) is 0 Å². The normalized spacial score (nSPS) is 11.9. The predicted molar refractivity (Wildman–Crippen MR) is 74.0 cm³/mol. The van der Waals surface area contributed by atoms with Crippen molar-refractivity contribution in [2.45, 2.75) is 54.5 Å². The smallest absolute Gasteiger partial charge is 0.360 e. The van der Waals surface area contributed by atoms with Crippen LogP contribution in [0.15, 0.2) is 0 Å². The summed E-state index contributed by atoms with van der Waals surface area (Å²) < 4.78 is 6.95. The van der Waals surface area contributed by atoms with Gasteiger partial charge in [0.05, 0.1) is 12.3 Å². The lowest BCUT2D eigenvalue weighted by Crippen LogP contribution is -2.14. The maximum Gasteiger partial charge on any atom is 0.360 e. The Bertz CT molecular complexity index is 430. The lowest BCUT2D eigenvalue weighted by molar-refractivity contribution is 0.0451. The molecule has 1 aromatic rings. The van der Waals surface area contributed by atoms with E-state index in [2.05, 4.69) is 31.1 Å². The summed E-state index contributed by atoms with van der Waals surface area (Å²) in [5.41, 5.74) is 1.34. The molecule has 0 spiro atoms. The van der Waals surface area contributed by atoms with E-state index >= 15 is 0 Å². The molecule has 19 heavy (non-hydrogen) atoms. The summed E-state index contributed by atoms with van der Waals surface area (Å²) in [5, 5.41) is 7.97. The molecule has 0 amide bonds. The highest BCUT2D eigenvalue weighted by Crippen LogP contribution is 2.20. The van der Waals surface area contributed by atoms with Gasteiger partial charge >= 0.3 is 5.97 Å². The first-order chi connectivity index (χ1) is 8.70. The average molecular weight is 267 g/mol. The van der Waals surface area contributed by atoms with Crippen LogP contribution in [-0.2, 0) is 11.3 Å². The molecule has 1 rings (SSSR count). The van der Waals surface area contributed by atoms with Crippen LogP contribution in [0.3, 0.4) is 0 Å². The molecule has 0 aliphatic rings. The molecule has 1 heterocycles. The molecule has 0 saturated heterocycles. The zero-order chi connectivity index (χ0) is 14.6. The van der Waals surface area contributed by atoms with E-state index in [0.717, 1.165) is 18.7 Å². The Morgan fingerprint density at radius 1 is 1.37 bits per heavy atom. The number of aromatic nitrogens is 3. The Morgan fingerprint density at radius 2 is 2.00 bits per heavy atom. The van der Waals surface area contributed by atoms with Crippen LogP contribution in [0.5, 0.6) is 0 Å². The van der Waals surface area contributed by atoms with E-state index in [1.165, 1.54) is 0 Å². The van der Waals surface area contributed by atoms with Crippen molar-refractivity contribution in [1.29, 1.82) is 0 Å². The van der Waals surface area contributed by atoms with Crippen LogP contribution in [0, 0.1) is 18.3 Å². The predicted octanol–water partition coefficient (Wildman–Crippen LogP) is 2.84. The van der Waals surface area contributed by atoms with E-state index in [1.807, 2.05) is 20.8 Å². The third-order valence-electron chi connectivity index (χ3n) is 2.80. The van der Waals surface area contributed by atoms with Gasteiger partial charge in [0.2, 0.25) is 0 Å². The van der Waals surface area contributed by atoms with Crippen LogP contribution in [-0.4, -0.2) is 27.6 Å². The van der Waals surface area contributed by atoms with Gasteiger partial charge in [-0.2, -0.15) is 0 Å². The fraction of sp³-hybridized carbons (Fsp3) is 0.786. The summed E-state index contributed by atoms with van der Waals surface area (Å²) in [6.07, 6.45) is 0.984.